The standard InChI is InChI=1S/C17H14F6N2O2S/c1-26-12-3-4-13(14(8-12)27-2)25-15(28)24-11-6-9(16(18,19)20)5-10(7-11)17(21,22)23/h3-8H,1-2H3,(H2,24,25,28). The summed E-state index contributed by atoms with van der Waals surface area (Å²) in [6, 6.07) is 5.73. The highest BCUT2D eigenvalue weighted by molar-refractivity contribution is 7.80. The lowest BCUT2D eigenvalue weighted by Crippen LogP contribution is -2.21. The molecule has 2 aromatic carbocycles. The second-order valence-electron chi connectivity index (χ2n) is 5.44. The number of halogens is 6. The lowest BCUT2D eigenvalue weighted by atomic mass is 10.1. The van der Waals surface area contributed by atoms with Gasteiger partial charge in [-0.2, -0.15) is 26.3 Å². The summed E-state index contributed by atoms with van der Waals surface area (Å²) in [6.45, 7) is 0. The first-order valence-corrected chi connectivity index (χ1v) is 7.94. The van der Waals surface area contributed by atoms with Crippen LogP contribution in [0.2, 0.25) is 0 Å². The number of anilines is 2. The zero-order valence-electron chi connectivity index (χ0n) is 14.5. The molecule has 4 nitrogen and oxygen atoms in total. The van der Waals surface area contributed by atoms with Crippen molar-refractivity contribution >= 4 is 28.7 Å². The molecule has 2 N–H and O–H groups in total. The average molecular weight is 424 g/mol. The first-order valence-electron chi connectivity index (χ1n) is 7.53. The fourth-order valence-corrected chi connectivity index (χ4v) is 2.44. The van der Waals surface area contributed by atoms with Gasteiger partial charge < -0.3 is 20.1 Å². The third-order valence-corrected chi connectivity index (χ3v) is 3.71. The maximum absolute atomic E-state index is 12.9. The third kappa shape index (κ3) is 5.41. The summed E-state index contributed by atoms with van der Waals surface area (Å²) in [6.07, 6.45) is -9.90. The van der Waals surface area contributed by atoms with Gasteiger partial charge in [0.15, 0.2) is 5.11 Å². The number of ether oxygens (including phenoxy) is 2. The first kappa shape index (κ1) is 21.6. The SMILES string of the molecule is COc1ccc(NC(=S)Nc2cc(C(F)(F)F)cc(C(F)(F)F)c2)c(OC)c1. The van der Waals surface area contributed by atoms with Gasteiger partial charge >= 0.3 is 12.4 Å². The van der Waals surface area contributed by atoms with Crippen molar-refractivity contribution < 1.29 is 35.8 Å². The van der Waals surface area contributed by atoms with E-state index in [4.69, 9.17) is 21.7 Å². The summed E-state index contributed by atoms with van der Waals surface area (Å²) in [5.74, 6) is 0.789. The molecular formula is C17H14F6N2O2S. The molecule has 0 unspecified atom stereocenters. The maximum Gasteiger partial charge on any atom is 0.416 e. The van der Waals surface area contributed by atoms with Crippen LogP contribution in [0.5, 0.6) is 11.5 Å². The molecule has 0 saturated heterocycles. The van der Waals surface area contributed by atoms with Crippen molar-refractivity contribution in [2.75, 3.05) is 24.9 Å². The maximum atomic E-state index is 12.9. The van der Waals surface area contributed by atoms with Crippen molar-refractivity contribution in [1.82, 2.24) is 0 Å². The molecule has 11 heteroatoms. The van der Waals surface area contributed by atoms with Crippen LogP contribution < -0.4 is 20.1 Å². The van der Waals surface area contributed by atoms with E-state index in [1.807, 2.05) is 0 Å². The van der Waals surface area contributed by atoms with E-state index in [9.17, 15) is 26.3 Å². The molecule has 0 aromatic heterocycles. The number of thiocarbonyl (C=S) groups is 1. The quantitative estimate of drug-likeness (QED) is 0.498. The largest absolute Gasteiger partial charge is 0.497 e. The second kappa shape index (κ2) is 8.13. The van der Waals surface area contributed by atoms with Crippen LogP contribution >= 0.6 is 12.2 Å². The minimum absolute atomic E-state index is 0.0359. The Balaban J connectivity index is 2.29. The fourth-order valence-electron chi connectivity index (χ4n) is 2.21. The van der Waals surface area contributed by atoms with E-state index in [1.54, 1.807) is 6.07 Å². The molecule has 0 amide bonds. The number of nitrogens with one attached hydrogen (secondary N) is 2. The molecule has 0 aliphatic carbocycles. The number of hydrogen-bond acceptors (Lipinski definition) is 3. The molecule has 28 heavy (non-hydrogen) atoms. The fraction of sp³-hybridized carbons (Fsp3) is 0.235. The van der Waals surface area contributed by atoms with Gasteiger partial charge in [0, 0.05) is 11.8 Å². The van der Waals surface area contributed by atoms with Crippen LogP contribution in [0.3, 0.4) is 0 Å². The van der Waals surface area contributed by atoms with E-state index in [-0.39, 0.29) is 11.2 Å². The lowest BCUT2D eigenvalue weighted by molar-refractivity contribution is -0.143. The van der Waals surface area contributed by atoms with Gasteiger partial charge in [-0.05, 0) is 42.5 Å². The zero-order chi connectivity index (χ0) is 21.1. The Morgan fingerprint density at radius 3 is 1.86 bits per heavy atom. The van der Waals surface area contributed by atoms with Crippen LogP contribution in [-0.4, -0.2) is 19.3 Å². The van der Waals surface area contributed by atoms with Gasteiger partial charge in [-0.15, -0.1) is 0 Å². The molecular weight excluding hydrogens is 410 g/mol. The Kier molecular flexibility index (Phi) is 6.27. The Hall–Kier alpha value is -2.69. The molecule has 0 atom stereocenters. The van der Waals surface area contributed by atoms with Crippen LogP contribution in [0.15, 0.2) is 36.4 Å². The predicted molar refractivity (Wildman–Crippen MR) is 95.8 cm³/mol. The molecule has 0 bridgehead atoms. The van der Waals surface area contributed by atoms with E-state index in [0.29, 0.717) is 29.3 Å². The second-order valence-corrected chi connectivity index (χ2v) is 5.85. The smallest absolute Gasteiger partial charge is 0.416 e. The molecule has 0 spiro atoms. The number of methoxy groups -OCH3 is 2. The molecule has 2 aromatic rings. The predicted octanol–water partition coefficient (Wildman–Crippen LogP) is 5.55. The Morgan fingerprint density at radius 2 is 1.39 bits per heavy atom. The van der Waals surface area contributed by atoms with Crippen molar-refractivity contribution in [2.45, 2.75) is 12.4 Å². The minimum atomic E-state index is -4.95. The van der Waals surface area contributed by atoms with Gasteiger partial charge in [0.1, 0.15) is 11.5 Å². The average Bonchev–Trinajstić information content (AvgIpc) is 2.60. The number of alkyl halides is 6. The van der Waals surface area contributed by atoms with Crippen LogP contribution in [0.4, 0.5) is 37.7 Å². The van der Waals surface area contributed by atoms with Crippen LogP contribution in [0, 0.1) is 0 Å². The first-order chi connectivity index (χ1) is 12.9. The monoisotopic (exact) mass is 424 g/mol. The summed E-state index contributed by atoms with van der Waals surface area (Å²) in [5, 5.41) is 4.76. The highest BCUT2D eigenvalue weighted by Gasteiger charge is 2.37. The van der Waals surface area contributed by atoms with E-state index < -0.39 is 29.2 Å². The molecule has 0 saturated carbocycles. The topological polar surface area (TPSA) is 42.5 Å². The molecule has 0 aliphatic heterocycles. The normalized spacial score (nSPS) is 11.7. The summed E-state index contributed by atoms with van der Waals surface area (Å²) >= 11 is 4.99. The number of benzene rings is 2. The van der Waals surface area contributed by atoms with Crippen molar-refractivity contribution in [3.05, 3.63) is 47.5 Å². The van der Waals surface area contributed by atoms with Crippen molar-refractivity contribution in [2.24, 2.45) is 0 Å². The van der Waals surface area contributed by atoms with Gasteiger partial charge in [0.2, 0.25) is 0 Å². The highest BCUT2D eigenvalue weighted by Crippen LogP contribution is 2.37. The van der Waals surface area contributed by atoms with Gasteiger partial charge in [-0.3, -0.25) is 0 Å². The van der Waals surface area contributed by atoms with Gasteiger partial charge in [-0.25, -0.2) is 0 Å². The van der Waals surface area contributed by atoms with Gasteiger partial charge in [-0.1, -0.05) is 0 Å². The molecule has 152 valence electrons. The summed E-state index contributed by atoms with van der Waals surface area (Å²) in [7, 11) is 2.82. The highest BCUT2D eigenvalue weighted by atomic mass is 32.1. The number of rotatable bonds is 4. The molecule has 0 aliphatic rings. The van der Waals surface area contributed by atoms with Crippen LogP contribution in [-0.2, 0) is 12.4 Å². The zero-order valence-corrected chi connectivity index (χ0v) is 15.3. The van der Waals surface area contributed by atoms with Crippen LogP contribution in [0.1, 0.15) is 11.1 Å². The van der Waals surface area contributed by atoms with E-state index in [0.717, 1.165) is 0 Å². The van der Waals surface area contributed by atoms with Gasteiger partial charge in [0.05, 0.1) is 31.0 Å². The Morgan fingerprint density at radius 1 is 0.821 bits per heavy atom. The Labute approximate surface area is 161 Å². The van der Waals surface area contributed by atoms with E-state index >= 15 is 0 Å². The van der Waals surface area contributed by atoms with Crippen molar-refractivity contribution in [3.63, 3.8) is 0 Å². The molecule has 0 fully saturated rings. The summed E-state index contributed by atoms with van der Waals surface area (Å²) in [4.78, 5) is 0. The van der Waals surface area contributed by atoms with Crippen molar-refractivity contribution in [3.8, 4) is 11.5 Å². The van der Waals surface area contributed by atoms with E-state index in [2.05, 4.69) is 10.6 Å². The summed E-state index contributed by atoms with van der Waals surface area (Å²) < 4.78 is 87.7. The summed E-state index contributed by atoms with van der Waals surface area (Å²) in [5.41, 5.74) is -3.03. The lowest BCUT2D eigenvalue weighted by Gasteiger charge is -2.17. The minimum Gasteiger partial charge on any atom is -0.497 e. The molecule has 0 radical (unpaired) electrons. The Bertz CT molecular complexity index is 835. The van der Waals surface area contributed by atoms with Crippen molar-refractivity contribution in [1.29, 1.82) is 0 Å². The molecule has 2 rings (SSSR count). The van der Waals surface area contributed by atoms with Gasteiger partial charge in [0.25, 0.3) is 0 Å². The van der Waals surface area contributed by atoms with E-state index in [1.165, 1.54) is 26.4 Å². The third-order valence-electron chi connectivity index (χ3n) is 3.50. The van der Waals surface area contributed by atoms with Crippen LogP contribution in [0.25, 0.3) is 0 Å². The molecule has 0 heterocycles. The number of hydrogen-bond donors (Lipinski definition) is 2.